The Kier molecular flexibility index (Phi) is 6.43. The molecule has 1 saturated carbocycles. The summed E-state index contributed by atoms with van der Waals surface area (Å²) >= 11 is 0. The van der Waals surface area contributed by atoms with Gasteiger partial charge in [0.2, 0.25) is 11.7 Å². The van der Waals surface area contributed by atoms with Crippen molar-refractivity contribution in [3.05, 3.63) is 42.2 Å². The lowest BCUT2D eigenvalue weighted by Crippen LogP contribution is -2.49. The van der Waals surface area contributed by atoms with Crippen LogP contribution in [0.15, 0.2) is 40.9 Å². The zero-order chi connectivity index (χ0) is 20.1. The molecule has 3 N–H and O–H groups in total. The Labute approximate surface area is 163 Å². The van der Waals surface area contributed by atoms with Crippen LogP contribution in [0, 0.1) is 5.92 Å². The summed E-state index contributed by atoms with van der Waals surface area (Å²) in [5, 5.41) is 26.0. The number of nitrogens with one attached hydrogen (secondary N) is 1. The van der Waals surface area contributed by atoms with Crippen molar-refractivity contribution in [2.45, 2.75) is 31.4 Å². The first-order valence-corrected chi connectivity index (χ1v) is 9.36. The number of amides is 2. The molecule has 0 bridgehead atoms. The molecule has 1 aromatic heterocycles. The highest BCUT2D eigenvalue weighted by Crippen LogP contribution is 2.27. The molecule has 8 nitrogen and oxygen atoms in total. The van der Waals surface area contributed by atoms with Crippen LogP contribution in [-0.4, -0.2) is 64.4 Å². The molecule has 28 heavy (non-hydrogen) atoms. The van der Waals surface area contributed by atoms with E-state index in [1.165, 1.54) is 4.90 Å². The number of aliphatic hydroxyl groups excluding tert-OH is 2. The van der Waals surface area contributed by atoms with E-state index >= 15 is 0 Å². The van der Waals surface area contributed by atoms with E-state index in [4.69, 9.17) is 9.63 Å². The van der Waals surface area contributed by atoms with Crippen molar-refractivity contribution < 1.29 is 24.3 Å². The molecule has 2 amide bonds. The first-order chi connectivity index (χ1) is 13.5. The second kappa shape index (κ2) is 8.99. The van der Waals surface area contributed by atoms with E-state index in [0.717, 1.165) is 5.56 Å². The van der Waals surface area contributed by atoms with Gasteiger partial charge in [-0.2, -0.15) is 0 Å². The van der Waals surface area contributed by atoms with E-state index in [0.29, 0.717) is 25.0 Å². The fourth-order valence-electron chi connectivity index (χ4n) is 3.47. The molecule has 1 fully saturated rings. The zero-order valence-corrected chi connectivity index (χ0v) is 15.7. The van der Waals surface area contributed by atoms with E-state index in [9.17, 15) is 14.7 Å². The predicted molar refractivity (Wildman–Crippen MR) is 101 cm³/mol. The molecule has 3 atom stereocenters. The smallest absolute Gasteiger partial charge is 0.290 e. The molecule has 1 heterocycles. The molecule has 1 aromatic carbocycles. The Morgan fingerprint density at radius 2 is 2.04 bits per heavy atom. The third-order valence-electron chi connectivity index (χ3n) is 5.09. The maximum absolute atomic E-state index is 12.5. The second-order valence-electron chi connectivity index (χ2n) is 7.08. The zero-order valence-electron chi connectivity index (χ0n) is 15.7. The monoisotopic (exact) mass is 387 g/mol. The lowest BCUT2D eigenvalue weighted by atomic mass is 9.83. The van der Waals surface area contributed by atoms with Gasteiger partial charge in [-0.25, -0.2) is 0 Å². The summed E-state index contributed by atoms with van der Waals surface area (Å²) in [4.78, 5) is 26.5. The van der Waals surface area contributed by atoms with Crippen molar-refractivity contribution in [1.82, 2.24) is 15.4 Å². The molecule has 0 radical (unpaired) electrons. The van der Waals surface area contributed by atoms with Crippen molar-refractivity contribution in [3.8, 4) is 11.3 Å². The maximum atomic E-state index is 12.5. The average molecular weight is 387 g/mol. The van der Waals surface area contributed by atoms with E-state index in [-0.39, 0.29) is 30.7 Å². The maximum Gasteiger partial charge on any atom is 0.290 e. The number of carbonyl (C=O) groups is 2. The van der Waals surface area contributed by atoms with Crippen LogP contribution in [0.25, 0.3) is 11.3 Å². The van der Waals surface area contributed by atoms with Gasteiger partial charge < -0.3 is 25.0 Å². The molecule has 0 spiro atoms. The highest BCUT2D eigenvalue weighted by molar-refractivity contribution is 5.92. The molecule has 0 aliphatic heterocycles. The summed E-state index contributed by atoms with van der Waals surface area (Å²) in [6.45, 7) is 0.155. The number of benzene rings is 1. The first kappa shape index (κ1) is 20.0. The molecule has 8 heteroatoms. The number of aliphatic hydroxyl groups is 2. The Balaban J connectivity index is 1.64. The van der Waals surface area contributed by atoms with E-state index in [2.05, 4.69) is 10.5 Å². The number of hydrogen-bond donors (Lipinski definition) is 3. The van der Waals surface area contributed by atoms with Gasteiger partial charge in [-0.1, -0.05) is 35.5 Å². The SMILES string of the molecule is CN(CCO)C(=O)[C@H]1CC[C@@H](O)[C@H](NC(=O)c2cc(-c3ccccc3)no2)C1. The highest BCUT2D eigenvalue weighted by atomic mass is 16.5. The lowest BCUT2D eigenvalue weighted by molar-refractivity contribution is -0.136. The van der Waals surface area contributed by atoms with Crippen LogP contribution in [0.5, 0.6) is 0 Å². The molecule has 150 valence electrons. The molecular weight excluding hydrogens is 362 g/mol. The summed E-state index contributed by atoms with van der Waals surface area (Å²) < 4.78 is 5.16. The Morgan fingerprint density at radius 1 is 1.29 bits per heavy atom. The Morgan fingerprint density at radius 3 is 2.75 bits per heavy atom. The van der Waals surface area contributed by atoms with Gasteiger partial charge in [0, 0.05) is 31.1 Å². The number of rotatable bonds is 6. The molecular formula is C20H25N3O5. The summed E-state index contributed by atoms with van der Waals surface area (Å²) in [6.07, 6.45) is 0.566. The van der Waals surface area contributed by atoms with Gasteiger partial charge in [0.15, 0.2) is 0 Å². The summed E-state index contributed by atoms with van der Waals surface area (Å²) in [7, 11) is 1.64. The van der Waals surface area contributed by atoms with Crippen LogP contribution in [-0.2, 0) is 4.79 Å². The van der Waals surface area contributed by atoms with Gasteiger partial charge in [-0.05, 0) is 19.3 Å². The molecule has 1 aliphatic rings. The van der Waals surface area contributed by atoms with Crippen LogP contribution in [0.3, 0.4) is 0 Å². The van der Waals surface area contributed by atoms with E-state index < -0.39 is 18.1 Å². The minimum Gasteiger partial charge on any atom is -0.395 e. The molecule has 2 aromatic rings. The minimum atomic E-state index is -0.729. The molecule has 3 rings (SSSR count). The lowest BCUT2D eigenvalue weighted by Gasteiger charge is -2.34. The summed E-state index contributed by atoms with van der Waals surface area (Å²) in [6, 6.07) is 10.4. The fraction of sp³-hybridized carbons (Fsp3) is 0.450. The van der Waals surface area contributed by atoms with Crippen molar-refractivity contribution in [2.75, 3.05) is 20.2 Å². The number of hydrogen-bond acceptors (Lipinski definition) is 6. The summed E-state index contributed by atoms with van der Waals surface area (Å²) in [5.74, 6) is -0.821. The van der Waals surface area contributed by atoms with Gasteiger partial charge in [0.1, 0.15) is 5.69 Å². The quantitative estimate of drug-likeness (QED) is 0.682. The van der Waals surface area contributed by atoms with Gasteiger partial charge in [0.25, 0.3) is 5.91 Å². The predicted octanol–water partition coefficient (Wildman–Crippen LogP) is 1.05. The molecule has 0 unspecified atom stereocenters. The molecule has 0 saturated heterocycles. The Bertz CT molecular complexity index is 807. The Hall–Kier alpha value is -2.71. The summed E-state index contributed by atoms with van der Waals surface area (Å²) in [5.41, 5.74) is 1.38. The van der Waals surface area contributed by atoms with Crippen molar-refractivity contribution >= 4 is 11.8 Å². The van der Waals surface area contributed by atoms with Crippen LogP contribution in [0.2, 0.25) is 0 Å². The van der Waals surface area contributed by atoms with Crippen LogP contribution in [0.1, 0.15) is 29.8 Å². The van der Waals surface area contributed by atoms with Crippen molar-refractivity contribution in [2.24, 2.45) is 5.92 Å². The highest BCUT2D eigenvalue weighted by Gasteiger charge is 2.35. The minimum absolute atomic E-state index is 0.0527. The number of aromatic nitrogens is 1. The van der Waals surface area contributed by atoms with Gasteiger partial charge in [-0.15, -0.1) is 0 Å². The van der Waals surface area contributed by atoms with Gasteiger partial charge in [-0.3, -0.25) is 9.59 Å². The topological polar surface area (TPSA) is 116 Å². The first-order valence-electron chi connectivity index (χ1n) is 9.36. The number of nitrogens with zero attached hydrogens (tertiary/aromatic N) is 2. The molecule has 1 aliphatic carbocycles. The third-order valence-corrected chi connectivity index (χ3v) is 5.09. The second-order valence-corrected chi connectivity index (χ2v) is 7.08. The largest absolute Gasteiger partial charge is 0.395 e. The fourth-order valence-corrected chi connectivity index (χ4v) is 3.47. The van der Waals surface area contributed by atoms with Crippen LogP contribution < -0.4 is 5.32 Å². The van der Waals surface area contributed by atoms with Gasteiger partial charge >= 0.3 is 0 Å². The van der Waals surface area contributed by atoms with Crippen molar-refractivity contribution in [3.63, 3.8) is 0 Å². The van der Waals surface area contributed by atoms with Crippen LogP contribution >= 0.6 is 0 Å². The third kappa shape index (κ3) is 4.58. The number of carbonyl (C=O) groups excluding carboxylic acids is 2. The van der Waals surface area contributed by atoms with Crippen LogP contribution in [0.4, 0.5) is 0 Å². The normalized spacial score (nSPS) is 21.9. The standard InChI is InChI=1S/C20H25N3O5/c1-23(9-10-24)20(27)14-7-8-17(25)16(11-14)21-19(26)18-12-15(22-28-18)13-5-3-2-4-6-13/h2-6,12,14,16-17,24-25H,7-11H2,1H3,(H,21,26)/t14-,16+,17+/m0/s1. The van der Waals surface area contributed by atoms with Gasteiger partial charge in [0.05, 0.1) is 18.8 Å². The number of likely N-dealkylation sites (N-methyl/N-ethyl adjacent to an activating group) is 1. The van der Waals surface area contributed by atoms with E-state index in [1.807, 2.05) is 30.3 Å². The average Bonchev–Trinajstić information content (AvgIpc) is 3.20. The van der Waals surface area contributed by atoms with E-state index in [1.54, 1.807) is 13.1 Å². The van der Waals surface area contributed by atoms with Crippen molar-refractivity contribution in [1.29, 1.82) is 0 Å².